The van der Waals surface area contributed by atoms with Gasteiger partial charge < -0.3 is 15.2 Å². The van der Waals surface area contributed by atoms with E-state index in [1.165, 1.54) is 12.8 Å². The predicted octanol–water partition coefficient (Wildman–Crippen LogP) is 3.40. The van der Waals surface area contributed by atoms with Gasteiger partial charge >= 0.3 is 0 Å². The minimum Gasteiger partial charge on any atom is -0.476 e. The van der Waals surface area contributed by atoms with E-state index in [-0.39, 0.29) is 0 Å². The van der Waals surface area contributed by atoms with Crippen LogP contribution in [-0.2, 0) is 0 Å². The molecule has 0 amide bonds. The summed E-state index contributed by atoms with van der Waals surface area (Å²) in [7, 11) is 0. The first-order valence-electron chi connectivity index (χ1n) is 6.38. The molecule has 20 heavy (non-hydrogen) atoms. The van der Waals surface area contributed by atoms with Crippen molar-refractivity contribution in [1.82, 2.24) is 9.97 Å². The number of nitrogens with zero attached hydrogens (tertiary/aromatic N) is 2. The van der Waals surface area contributed by atoms with E-state index in [1.807, 2.05) is 6.07 Å². The molecule has 1 saturated carbocycles. The van der Waals surface area contributed by atoms with Crippen LogP contribution in [-0.4, -0.2) is 16.6 Å². The number of ether oxygens (including phenoxy) is 2. The molecule has 5 nitrogen and oxygen atoms in total. The van der Waals surface area contributed by atoms with Crippen LogP contribution in [0.25, 0.3) is 0 Å². The molecule has 0 saturated heterocycles. The number of rotatable bonds is 5. The van der Waals surface area contributed by atoms with Gasteiger partial charge in [0.05, 0.1) is 18.5 Å². The van der Waals surface area contributed by atoms with Crippen LogP contribution in [0.15, 0.2) is 35.1 Å². The first kappa shape index (κ1) is 13.2. The maximum absolute atomic E-state index is 5.85. The molecular weight excluding hydrogens is 322 g/mol. The summed E-state index contributed by atoms with van der Waals surface area (Å²) >= 11 is 3.34. The van der Waals surface area contributed by atoms with E-state index in [2.05, 4.69) is 25.9 Å². The molecule has 3 rings (SSSR count). The Morgan fingerprint density at radius 3 is 2.90 bits per heavy atom. The smallest absolute Gasteiger partial charge is 0.240 e. The standard InChI is InChI=1S/C14H14BrN3O2/c15-10-5-11(7-17-6-10)20-13-4-3-12(16)14(18-13)19-8-9-1-2-9/h3-7,9H,1-2,8,16H2. The zero-order valence-electron chi connectivity index (χ0n) is 10.8. The summed E-state index contributed by atoms with van der Waals surface area (Å²) in [5.74, 6) is 2.11. The van der Waals surface area contributed by atoms with Gasteiger partial charge in [-0.3, -0.25) is 4.98 Å². The van der Waals surface area contributed by atoms with E-state index in [9.17, 15) is 0 Å². The molecule has 0 aromatic carbocycles. The van der Waals surface area contributed by atoms with Crippen LogP contribution in [0.1, 0.15) is 12.8 Å². The van der Waals surface area contributed by atoms with Crippen molar-refractivity contribution in [3.63, 3.8) is 0 Å². The third-order valence-electron chi connectivity index (χ3n) is 2.92. The Hall–Kier alpha value is -1.82. The van der Waals surface area contributed by atoms with Crippen molar-refractivity contribution in [1.29, 1.82) is 0 Å². The fourth-order valence-electron chi connectivity index (χ4n) is 1.66. The molecule has 2 aromatic rings. The third-order valence-corrected chi connectivity index (χ3v) is 3.35. The van der Waals surface area contributed by atoms with Crippen LogP contribution in [0.5, 0.6) is 17.5 Å². The molecular formula is C14H14BrN3O2. The lowest BCUT2D eigenvalue weighted by Crippen LogP contribution is -2.04. The number of aromatic nitrogens is 2. The molecule has 1 aliphatic rings. The van der Waals surface area contributed by atoms with Gasteiger partial charge in [0.2, 0.25) is 11.8 Å². The Morgan fingerprint density at radius 2 is 2.15 bits per heavy atom. The van der Waals surface area contributed by atoms with Crippen molar-refractivity contribution in [2.24, 2.45) is 5.92 Å². The van der Waals surface area contributed by atoms with Crippen molar-refractivity contribution in [3.05, 3.63) is 35.1 Å². The van der Waals surface area contributed by atoms with E-state index in [0.717, 1.165) is 4.47 Å². The molecule has 2 heterocycles. The van der Waals surface area contributed by atoms with Crippen molar-refractivity contribution >= 4 is 21.6 Å². The summed E-state index contributed by atoms with van der Waals surface area (Å²) in [5.41, 5.74) is 6.37. The molecule has 1 fully saturated rings. The highest BCUT2D eigenvalue weighted by Crippen LogP contribution is 2.31. The monoisotopic (exact) mass is 335 g/mol. The summed E-state index contributed by atoms with van der Waals surface area (Å²) in [6, 6.07) is 5.26. The summed E-state index contributed by atoms with van der Waals surface area (Å²) < 4.78 is 12.1. The number of nitrogen functional groups attached to an aromatic ring is 1. The van der Waals surface area contributed by atoms with Crippen molar-refractivity contribution in [3.8, 4) is 17.5 Å². The molecule has 0 unspecified atom stereocenters. The van der Waals surface area contributed by atoms with Gasteiger partial charge in [-0.2, -0.15) is 4.98 Å². The molecule has 2 N–H and O–H groups in total. The van der Waals surface area contributed by atoms with E-state index < -0.39 is 0 Å². The minimum atomic E-state index is 0.428. The highest BCUT2D eigenvalue weighted by molar-refractivity contribution is 9.10. The van der Waals surface area contributed by atoms with Crippen molar-refractivity contribution in [2.45, 2.75) is 12.8 Å². The Balaban J connectivity index is 1.73. The lowest BCUT2D eigenvalue weighted by Gasteiger charge is -2.10. The lowest BCUT2D eigenvalue weighted by atomic mass is 10.4. The summed E-state index contributed by atoms with van der Waals surface area (Å²) in [6.45, 7) is 0.666. The summed E-state index contributed by atoms with van der Waals surface area (Å²) in [5, 5.41) is 0. The van der Waals surface area contributed by atoms with Crippen LogP contribution in [0.2, 0.25) is 0 Å². The zero-order chi connectivity index (χ0) is 13.9. The topological polar surface area (TPSA) is 70.3 Å². The van der Waals surface area contributed by atoms with Crippen LogP contribution in [0, 0.1) is 5.92 Å². The van der Waals surface area contributed by atoms with Crippen LogP contribution in [0.3, 0.4) is 0 Å². The van der Waals surface area contributed by atoms with Crippen LogP contribution < -0.4 is 15.2 Å². The maximum atomic E-state index is 5.85. The lowest BCUT2D eigenvalue weighted by molar-refractivity contribution is 0.286. The molecule has 2 aromatic heterocycles. The predicted molar refractivity (Wildman–Crippen MR) is 78.9 cm³/mol. The highest BCUT2D eigenvalue weighted by atomic mass is 79.9. The zero-order valence-corrected chi connectivity index (χ0v) is 12.3. The number of hydrogen-bond acceptors (Lipinski definition) is 5. The SMILES string of the molecule is Nc1ccc(Oc2cncc(Br)c2)nc1OCC1CC1. The summed E-state index contributed by atoms with van der Waals surface area (Å²) in [6.07, 6.45) is 5.75. The van der Waals surface area contributed by atoms with Crippen LogP contribution >= 0.6 is 15.9 Å². The quantitative estimate of drug-likeness (QED) is 0.906. The molecule has 1 aliphatic carbocycles. The molecule has 6 heteroatoms. The number of hydrogen-bond donors (Lipinski definition) is 1. The average Bonchev–Trinajstić information content (AvgIpc) is 3.23. The van der Waals surface area contributed by atoms with Gasteiger partial charge in [0.15, 0.2) is 0 Å². The molecule has 0 radical (unpaired) electrons. The van der Waals surface area contributed by atoms with Crippen molar-refractivity contribution < 1.29 is 9.47 Å². The minimum absolute atomic E-state index is 0.428. The maximum Gasteiger partial charge on any atom is 0.240 e. The summed E-state index contributed by atoms with van der Waals surface area (Å²) in [4.78, 5) is 8.32. The van der Waals surface area contributed by atoms with E-state index >= 15 is 0 Å². The fourth-order valence-corrected chi connectivity index (χ4v) is 2.00. The number of pyridine rings is 2. The second-order valence-electron chi connectivity index (χ2n) is 4.74. The third kappa shape index (κ3) is 3.39. The molecule has 0 aliphatic heterocycles. The van der Waals surface area contributed by atoms with Gasteiger partial charge in [-0.1, -0.05) is 0 Å². The van der Waals surface area contributed by atoms with Gasteiger partial charge in [0, 0.05) is 16.7 Å². The molecule has 0 spiro atoms. The van der Waals surface area contributed by atoms with E-state index in [4.69, 9.17) is 15.2 Å². The number of nitrogens with two attached hydrogens (primary N) is 1. The Morgan fingerprint density at radius 1 is 1.30 bits per heavy atom. The van der Waals surface area contributed by atoms with Gasteiger partial charge in [-0.15, -0.1) is 0 Å². The second kappa shape index (κ2) is 5.66. The Labute approximate surface area is 125 Å². The highest BCUT2D eigenvalue weighted by Gasteiger charge is 2.22. The average molecular weight is 336 g/mol. The normalized spacial score (nSPS) is 14.1. The van der Waals surface area contributed by atoms with E-state index in [0.29, 0.717) is 35.7 Å². The molecule has 104 valence electrons. The van der Waals surface area contributed by atoms with E-state index in [1.54, 1.807) is 24.5 Å². The van der Waals surface area contributed by atoms with Gasteiger partial charge in [-0.05, 0) is 46.8 Å². The molecule has 0 atom stereocenters. The van der Waals surface area contributed by atoms with Gasteiger partial charge in [0.1, 0.15) is 5.75 Å². The Bertz CT molecular complexity index is 617. The number of halogens is 1. The van der Waals surface area contributed by atoms with Gasteiger partial charge in [-0.25, -0.2) is 0 Å². The fraction of sp³-hybridized carbons (Fsp3) is 0.286. The van der Waals surface area contributed by atoms with Crippen molar-refractivity contribution in [2.75, 3.05) is 12.3 Å². The Kier molecular flexibility index (Phi) is 3.73. The first-order valence-corrected chi connectivity index (χ1v) is 7.18. The molecule has 0 bridgehead atoms. The number of anilines is 1. The van der Waals surface area contributed by atoms with Gasteiger partial charge in [0.25, 0.3) is 0 Å². The largest absolute Gasteiger partial charge is 0.476 e. The van der Waals surface area contributed by atoms with Crippen LogP contribution in [0.4, 0.5) is 5.69 Å². The first-order chi connectivity index (χ1) is 9.70. The second-order valence-corrected chi connectivity index (χ2v) is 5.65.